The van der Waals surface area contributed by atoms with E-state index in [9.17, 15) is 36.7 Å². The number of nitrogens with zero attached hydrogens (tertiary/aromatic N) is 9. The standard InChI is InChI=1S/C17H12F3N2O.C17H15N2O2.C16H12ClN2O.C16H13N2O.C15H11FN.5Ir/c1-22-14-8-7-12(17(18,19)20)9-13(14)16(21-10-15(22)23)11-5-3-2-4-6-11;1-19-15-9-8-13(21-2)10-14(15)17(18-11-16(19)20)12-6-4-3-5-7-12;1-19-14-8-7-12(17)9-13(14)16(18-10-15(19)20)11-5-3-2-4-6-11;1-18-14-10-6-5-9-13(14)16(17-11-15(18)19)12-7-3-2-4-8-12;16-13-7-5-12(6-8-13)15-14-4-2-1-3-11(14)9-10-17-15;;;;;/h2-5,7-9H,10H2,1H3;3-6,8-10H,11H2,1-2H3;2-5,7-9H,10H2,1H3;2-7,9-10H,11H2,1H3;1-5,7-8H,9-10H2;;;;;/q5*-1;;;;;. The van der Waals surface area contributed by atoms with Crippen LogP contribution in [0.25, 0.3) is 0 Å². The zero-order valence-corrected chi connectivity index (χ0v) is 69.4. The first-order valence-electron chi connectivity index (χ1n) is 31.6. The van der Waals surface area contributed by atoms with Crippen LogP contribution in [-0.4, -0.2) is 120 Å². The number of para-hydroxylation sites is 1. The average molecular weight is 2310 g/mol. The number of amides is 4. The van der Waals surface area contributed by atoms with E-state index in [0.717, 1.165) is 115 Å². The summed E-state index contributed by atoms with van der Waals surface area (Å²) in [6.07, 6.45) is -3.49. The van der Waals surface area contributed by atoms with Crippen molar-refractivity contribution in [3.05, 3.63) is 326 Å². The topological polar surface area (TPSA) is 152 Å². The molecule has 0 unspecified atom stereocenters. The summed E-state index contributed by atoms with van der Waals surface area (Å²) in [7, 11) is 8.46. The minimum atomic E-state index is -4.46. The number of hydrogen-bond acceptors (Lipinski definition) is 10. The molecular formula is C81H63ClF4Ir5N9O5-5. The molecule has 0 atom stereocenters. The van der Waals surface area contributed by atoms with Gasteiger partial charge in [0, 0.05) is 169 Å². The van der Waals surface area contributed by atoms with Gasteiger partial charge in [-0.05, 0) is 129 Å². The molecule has 24 heteroatoms. The number of aliphatic imine (C=N–C) groups is 5. The molecule has 14 nitrogen and oxygen atoms in total. The first-order chi connectivity index (χ1) is 48.4. The summed E-state index contributed by atoms with van der Waals surface area (Å²) in [5.74, 6) is 0.112. The SMILES string of the molecule is CN1C(=O)CN=C(c2[c-]cccc2)c2cc(C(F)(F)F)ccc21.CN1C(=O)CN=C(c2[c-]cccc2)c2cc(Cl)ccc21.CN1C(=O)CN=C(c2[c-]cccc2)c2ccccc21.COc1ccc2c(c1)C(c1[c-]cccc1)=NCC(=O)N2C.Fc1c[c-]c(C2=NCCc3ccccc32)cc1.[Ir].[Ir].[Ir].[Ir].[Ir]. The second-order valence-corrected chi connectivity index (χ2v) is 23.4. The molecule has 10 aromatic rings. The Morgan fingerprint density at radius 3 is 1.20 bits per heavy atom. The Bertz CT molecular complexity index is 4850. The summed E-state index contributed by atoms with van der Waals surface area (Å²) in [4.78, 5) is 76.5. The maximum Gasteiger partial charge on any atom is 0.416 e. The van der Waals surface area contributed by atoms with E-state index in [1.165, 1.54) is 35.7 Å². The molecule has 0 saturated heterocycles. The van der Waals surface area contributed by atoms with Crippen LogP contribution in [-0.2, 0) is 132 Å². The number of anilines is 4. The van der Waals surface area contributed by atoms with Crippen LogP contribution in [0, 0.1) is 36.1 Å². The van der Waals surface area contributed by atoms with Gasteiger partial charge in [-0.3, -0.25) is 23.6 Å². The zero-order chi connectivity index (χ0) is 70.5. The van der Waals surface area contributed by atoms with Crippen LogP contribution in [0.1, 0.15) is 66.8 Å². The fraction of sp³-hybridized carbons (Fsp3) is 0.148. The van der Waals surface area contributed by atoms with Gasteiger partial charge >= 0.3 is 6.18 Å². The molecule has 10 aromatic carbocycles. The number of fused-ring (bicyclic) bond motifs is 5. The van der Waals surface area contributed by atoms with E-state index in [2.05, 4.69) is 67.4 Å². The minimum Gasteiger partial charge on any atom is -0.497 e. The summed E-state index contributed by atoms with van der Waals surface area (Å²) < 4.78 is 57.3. The molecule has 0 spiro atoms. The third kappa shape index (κ3) is 20.8. The molecule has 0 N–H and O–H groups in total. The van der Waals surface area contributed by atoms with Crippen LogP contribution in [0.5, 0.6) is 5.75 Å². The van der Waals surface area contributed by atoms with E-state index in [4.69, 9.17) is 16.3 Å². The molecule has 0 aliphatic carbocycles. The number of methoxy groups -OCH3 is 1. The van der Waals surface area contributed by atoms with Crippen molar-refractivity contribution in [1.82, 2.24) is 0 Å². The Morgan fingerprint density at radius 1 is 0.400 bits per heavy atom. The Kier molecular flexibility index (Phi) is 32.3. The maximum absolute atomic E-state index is 13.0. The molecule has 0 saturated carbocycles. The van der Waals surface area contributed by atoms with Gasteiger partial charge in [0.05, 0.1) is 12.7 Å². The first-order valence-corrected chi connectivity index (χ1v) is 32.0. The fourth-order valence-electron chi connectivity index (χ4n) is 11.4. The molecule has 0 aromatic heterocycles. The Hall–Kier alpha value is -8.51. The van der Waals surface area contributed by atoms with Crippen molar-refractivity contribution in [2.45, 2.75) is 12.6 Å². The summed E-state index contributed by atoms with van der Waals surface area (Å²) >= 11 is 6.10. The molecule has 0 fully saturated rings. The third-order valence-corrected chi connectivity index (χ3v) is 16.9. The molecule has 5 aliphatic rings. The van der Waals surface area contributed by atoms with Crippen LogP contribution in [0.2, 0.25) is 5.02 Å². The van der Waals surface area contributed by atoms with E-state index >= 15 is 0 Å². The molecule has 5 heterocycles. The molecule has 15 rings (SSSR count). The van der Waals surface area contributed by atoms with Gasteiger partial charge < -0.3 is 49.3 Å². The summed E-state index contributed by atoms with van der Waals surface area (Å²) in [6, 6.07) is 80.2. The van der Waals surface area contributed by atoms with Gasteiger partial charge in [-0.1, -0.05) is 54.1 Å². The number of ether oxygens (including phenoxy) is 1. The second-order valence-electron chi connectivity index (χ2n) is 22.9. The van der Waals surface area contributed by atoms with Crippen molar-refractivity contribution >= 4 is 86.5 Å². The number of alkyl halides is 3. The first kappa shape index (κ1) is 85.4. The van der Waals surface area contributed by atoms with Crippen molar-refractivity contribution in [3.8, 4) is 5.75 Å². The quantitative estimate of drug-likeness (QED) is 0.120. The summed E-state index contributed by atoms with van der Waals surface area (Å²) in [5, 5.41) is 0.620. The van der Waals surface area contributed by atoms with Gasteiger partial charge in [-0.25, -0.2) is 0 Å². The van der Waals surface area contributed by atoms with Gasteiger partial charge in [0.25, 0.3) is 0 Å². The van der Waals surface area contributed by atoms with Crippen molar-refractivity contribution in [2.75, 3.05) is 87.6 Å². The molecule has 105 heavy (non-hydrogen) atoms. The molecule has 4 amide bonds. The van der Waals surface area contributed by atoms with Gasteiger partial charge in [0.2, 0.25) is 23.6 Å². The zero-order valence-electron chi connectivity index (χ0n) is 56.6. The average Bonchev–Trinajstić information content (AvgIpc) is 1.80. The van der Waals surface area contributed by atoms with Crippen LogP contribution in [0.4, 0.5) is 40.3 Å². The summed E-state index contributed by atoms with van der Waals surface area (Å²) in [6.45, 7) is 1.10. The van der Waals surface area contributed by atoms with Crippen LogP contribution in [0.3, 0.4) is 0 Å². The van der Waals surface area contributed by atoms with Crippen LogP contribution in [0.15, 0.2) is 243 Å². The smallest absolute Gasteiger partial charge is 0.416 e. The van der Waals surface area contributed by atoms with Crippen LogP contribution < -0.4 is 24.3 Å². The predicted molar refractivity (Wildman–Crippen MR) is 385 cm³/mol. The van der Waals surface area contributed by atoms with Crippen molar-refractivity contribution < 1.29 is 142 Å². The third-order valence-electron chi connectivity index (χ3n) is 16.7. The van der Waals surface area contributed by atoms with E-state index in [1.54, 1.807) is 79.4 Å². The molecule has 5 radical (unpaired) electrons. The fourth-order valence-corrected chi connectivity index (χ4v) is 11.5. The number of benzodiazepines with no additional fused rings is 4. The molecule has 5 aliphatic heterocycles. The van der Waals surface area contributed by atoms with Crippen LogP contribution >= 0.6 is 11.6 Å². The molecular weight excluding hydrogens is 2250 g/mol. The number of rotatable bonds is 6. The number of benzene rings is 10. The largest absolute Gasteiger partial charge is 0.497 e. The number of likely N-dealkylation sites (N-methyl/N-ethyl adjacent to an activating group) is 4. The van der Waals surface area contributed by atoms with Gasteiger partial charge in [0.15, 0.2) is 0 Å². The number of halogens is 5. The van der Waals surface area contributed by atoms with E-state index in [0.29, 0.717) is 22.0 Å². The maximum atomic E-state index is 13.0. The normalized spacial score (nSPS) is 13.9. The van der Waals surface area contributed by atoms with Crippen molar-refractivity contribution in [3.63, 3.8) is 0 Å². The number of hydrogen-bond donors (Lipinski definition) is 0. The molecule has 547 valence electrons. The van der Waals surface area contributed by atoms with E-state index in [-0.39, 0.29) is 162 Å². The summed E-state index contributed by atoms with van der Waals surface area (Å²) in [5.41, 5.74) is 15.2. The monoisotopic (exact) mass is 2320 g/mol. The van der Waals surface area contributed by atoms with Crippen molar-refractivity contribution in [2.24, 2.45) is 25.0 Å². The minimum absolute atomic E-state index is 0. The number of carbonyl (C=O) groups is 4. The van der Waals surface area contributed by atoms with Crippen molar-refractivity contribution in [1.29, 1.82) is 0 Å². The van der Waals surface area contributed by atoms with Gasteiger partial charge in [-0.15, -0.1) is 173 Å². The van der Waals surface area contributed by atoms with E-state index in [1.807, 2.05) is 140 Å². The Balaban J connectivity index is 0.000000204. The Labute approximate surface area is 679 Å². The molecule has 0 bridgehead atoms. The van der Waals surface area contributed by atoms with E-state index < -0.39 is 11.7 Å². The van der Waals surface area contributed by atoms with Gasteiger partial charge in [0.1, 0.15) is 31.9 Å². The predicted octanol–water partition coefficient (Wildman–Crippen LogP) is 13.9. The second kappa shape index (κ2) is 39.7. The number of carbonyl (C=O) groups excluding carboxylic acids is 4. The Morgan fingerprint density at radius 2 is 0.771 bits per heavy atom. The van der Waals surface area contributed by atoms with Gasteiger partial charge in [-0.2, -0.15) is 13.2 Å².